The van der Waals surface area contributed by atoms with Crippen molar-refractivity contribution in [3.63, 3.8) is 0 Å². The smallest absolute Gasteiger partial charge is 0.255 e. The molecule has 0 bridgehead atoms. The highest BCUT2D eigenvalue weighted by molar-refractivity contribution is 5.97. The van der Waals surface area contributed by atoms with Crippen LogP contribution in [0.2, 0.25) is 0 Å². The third-order valence-electron chi connectivity index (χ3n) is 4.35. The second-order valence-electron chi connectivity index (χ2n) is 5.94. The Labute approximate surface area is 147 Å². The first kappa shape index (κ1) is 17.1. The largest absolute Gasteiger partial charge is 0.496 e. The summed E-state index contributed by atoms with van der Waals surface area (Å²) in [6, 6.07) is 11.0. The molecule has 132 valence electrons. The van der Waals surface area contributed by atoms with Gasteiger partial charge in [0.15, 0.2) is 11.5 Å². The molecule has 0 aromatic heterocycles. The molecule has 2 aromatic carbocycles. The van der Waals surface area contributed by atoms with Crippen molar-refractivity contribution in [3.05, 3.63) is 53.1 Å². The Bertz CT molecular complexity index is 772. The van der Waals surface area contributed by atoms with E-state index < -0.39 is 0 Å². The maximum atomic E-state index is 12.6. The number of hydrogen-bond donors (Lipinski definition) is 1. The summed E-state index contributed by atoms with van der Waals surface area (Å²) in [5, 5.41) is 3.05. The van der Waals surface area contributed by atoms with Crippen molar-refractivity contribution in [2.75, 3.05) is 20.3 Å². The van der Waals surface area contributed by atoms with Gasteiger partial charge < -0.3 is 19.5 Å². The third-order valence-corrected chi connectivity index (χ3v) is 4.35. The van der Waals surface area contributed by atoms with E-state index >= 15 is 0 Å². The molecule has 0 fully saturated rings. The molecule has 1 N–H and O–H groups in total. The highest BCUT2D eigenvalue weighted by atomic mass is 16.6. The molecule has 1 unspecified atom stereocenters. The van der Waals surface area contributed by atoms with Crippen LogP contribution in [0.15, 0.2) is 36.4 Å². The number of aryl methyl sites for hydroxylation is 1. The zero-order chi connectivity index (χ0) is 17.8. The Balaban J connectivity index is 1.85. The number of nitrogens with one attached hydrogen (secondary N) is 1. The SMILES string of the molecule is CCc1cc2c(cc1C(C)NC(=O)c1ccccc1OC)OCCO2. The molecule has 1 amide bonds. The minimum Gasteiger partial charge on any atom is -0.496 e. The van der Waals surface area contributed by atoms with Gasteiger partial charge in [0.05, 0.1) is 18.7 Å². The van der Waals surface area contributed by atoms with Gasteiger partial charge in [-0.25, -0.2) is 0 Å². The lowest BCUT2D eigenvalue weighted by Gasteiger charge is -2.24. The van der Waals surface area contributed by atoms with E-state index in [0.717, 1.165) is 29.0 Å². The van der Waals surface area contributed by atoms with Gasteiger partial charge in [0.2, 0.25) is 0 Å². The van der Waals surface area contributed by atoms with Crippen LogP contribution in [0.5, 0.6) is 17.2 Å². The lowest BCUT2D eigenvalue weighted by molar-refractivity contribution is 0.0936. The van der Waals surface area contributed by atoms with Gasteiger partial charge >= 0.3 is 0 Å². The third kappa shape index (κ3) is 3.55. The molecular weight excluding hydrogens is 318 g/mol. The fraction of sp³-hybridized carbons (Fsp3) is 0.350. The number of hydrogen-bond acceptors (Lipinski definition) is 4. The van der Waals surface area contributed by atoms with Crippen molar-refractivity contribution >= 4 is 5.91 Å². The van der Waals surface area contributed by atoms with Gasteiger partial charge in [-0.05, 0) is 48.7 Å². The normalized spacial score (nSPS) is 13.9. The van der Waals surface area contributed by atoms with Crippen LogP contribution >= 0.6 is 0 Å². The van der Waals surface area contributed by atoms with Crippen molar-refractivity contribution in [3.8, 4) is 17.2 Å². The van der Waals surface area contributed by atoms with Crippen molar-refractivity contribution < 1.29 is 19.0 Å². The maximum Gasteiger partial charge on any atom is 0.255 e. The van der Waals surface area contributed by atoms with E-state index in [2.05, 4.69) is 12.2 Å². The minimum atomic E-state index is -0.165. The lowest BCUT2D eigenvalue weighted by atomic mass is 9.98. The van der Waals surface area contributed by atoms with Gasteiger partial charge in [-0.2, -0.15) is 0 Å². The van der Waals surface area contributed by atoms with Crippen LogP contribution in [0.3, 0.4) is 0 Å². The highest BCUT2D eigenvalue weighted by Crippen LogP contribution is 2.35. The topological polar surface area (TPSA) is 56.8 Å². The van der Waals surface area contributed by atoms with Gasteiger partial charge in [-0.1, -0.05) is 19.1 Å². The van der Waals surface area contributed by atoms with E-state index in [1.165, 1.54) is 0 Å². The monoisotopic (exact) mass is 341 g/mol. The number of methoxy groups -OCH3 is 1. The van der Waals surface area contributed by atoms with E-state index in [-0.39, 0.29) is 11.9 Å². The Morgan fingerprint density at radius 2 is 1.88 bits per heavy atom. The van der Waals surface area contributed by atoms with Crippen LogP contribution in [0.4, 0.5) is 0 Å². The van der Waals surface area contributed by atoms with Crippen LogP contribution in [0, 0.1) is 0 Å². The molecule has 0 radical (unpaired) electrons. The summed E-state index contributed by atoms with van der Waals surface area (Å²) in [5.74, 6) is 1.90. The van der Waals surface area contributed by atoms with Crippen molar-refractivity contribution in [2.24, 2.45) is 0 Å². The van der Waals surface area contributed by atoms with Gasteiger partial charge in [0.25, 0.3) is 5.91 Å². The lowest BCUT2D eigenvalue weighted by Crippen LogP contribution is -2.28. The van der Waals surface area contributed by atoms with Crippen LogP contribution < -0.4 is 19.5 Å². The molecular formula is C20H23NO4. The molecule has 1 aliphatic rings. The Morgan fingerprint density at radius 3 is 2.56 bits per heavy atom. The van der Waals surface area contributed by atoms with Gasteiger partial charge in [-0.15, -0.1) is 0 Å². The van der Waals surface area contributed by atoms with E-state index in [9.17, 15) is 4.79 Å². The molecule has 1 aliphatic heterocycles. The fourth-order valence-electron chi connectivity index (χ4n) is 3.04. The first-order valence-electron chi connectivity index (χ1n) is 8.50. The fourth-order valence-corrected chi connectivity index (χ4v) is 3.04. The molecule has 0 spiro atoms. The van der Waals surface area contributed by atoms with Crippen LogP contribution in [0.1, 0.15) is 41.4 Å². The molecule has 1 atom stereocenters. The number of carbonyl (C=O) groups excluding carboxylic acids is 1. The number of ether oxygens (including phenoxy) is 3. The Kier molecular flexibility index (Phi) is 5.12. The molecule has 5 nitrogen and oxygen atoms in total. The molecule has 0 saturated carbocycles. The summed E-state index contributed by atoms with van der Waals surface area (Å²) in [6.45, 7) is 5.16. The number of carbonyl (C=O) groups is 1. The predicted octanol–water partition coefficient (Wildman–Crippen LogP) is 3.52. The zero-order valence-corrected chi connectivity index (χ0v) is 14.8. The molecule has 2 aromatic rings. The van der Waals surface area contributed by atoms with Crippen LogP contribution in [0.25, 0.3) is 0 Å². The number of amides is 1. The van der Waals surface area contributed by atoms with E-state index in [4.69, 9.17) is 14.2 Å². The van der Waals surface area contributed by atoms with Crippen molar-refractivity contribution in [1.82, 2.24) is 5.32 Å². The van der Waals surface area contributed by atoms with Gasteiger partial charge in [0.1, 0.15) is 19.0 Å². The zero-order valence-electron chi connectivity index (χ0n) is 14.8. The summed E-state index contributed by atoms with van der Waals surface area (Å²) in [4.78, 5) is 12.6. The van der Waals surface area contributed by atoms with Crippen molar-refractivity contribution in [1.29, 1.82) is 0 Å². The Hall–Kier alpha value is -2.69. The van der Waals surface area contributed by atoms with E-state index in [0.29, 0.717) is 24.5 Å². The number of para-hydroxylation sites is 1. The standard InChI is InChI=1S/C20H23NO4/c1-4-14-11-18-19(25-10-9-24-18)12-16(14)13(2)21-20(22)15-7-5-6-8-17(15)23-3/h5-8,11-13H,4,9-10H2,1-3H3,(H,21,22). The maximum absolute atomic E-state index is 12.6. The van der Waals surface area contributed by atoms with E-state index in [1.54, 1.807) is 19.2 Å². The average Bonchev–Trinajstić information content (AvgIpc) is 2.66. The Morgan fingerprint density at radius 1 is 1.20 bits per heavy atom. The summed E-state index contributed by atoms with van der Waals surface area (Å²) in [7, 11) is 1.56. The number of fused-ring (bicyclic) bond motifs is 1. The molecule has 5 heteroatoms. The first-order valence-corrected chi connectivity index (χ1v) is 8.50. The van der Waals surface area contributed by atoms with Crippen molar-refractivity contribution in [2.45, 2.75) is 26.3 Å². The summed E-state index contributed by atoms with van der Waals surface area (Å²) in [6.07, 6.45) is 0.848. The second-order valence-corrected chi connectivity index (χ2v) is 5.94. The summed E-state index contributed by atoms with van der Waals surface area (Å²) < 4.78 is 16.6. The molecule has 0 aliphatic carbocycles. The average molecular weight is 341 g/mol. The molecule has 0 saturated heterocycles. The molecule has 25 heavy (non-hydrogen) atoms. The molecule has 3 rings (SSSR count). The first-order chi connectivity index (χ1) is 12.1. The minimum absolute atomic E-state index is 0.164. The summed E-state index contributed by atoms with van der Waals surface area (Å²) >= 11 is 0. The summed E-state index contributed by atoms with van der Waals surface area (Å²) in [5.41, 5.74) is 2.69. The number of benzene rings is 2. The predicted molar refractivity (Wildman–Crippen MR) is 95.7 cm³/mol. The quantitative estimate of drug-likeness (QED) is 0.904. The number of rotatable bonds is 5. The van der Waals surface area contributed by atoms with Gasteiger partial charge in [-0.3, -0.25) is 4.79 Å². The van der Waals surface area contributed by atoms with Crippen LogP contribution in [-0.2, 0) is 6.42 Å². The van der Waals surface area contributed by atoms with E-state index in [1.807, 2.05) is 31.2 Å². The molecule has 1 heterocycles. The van der Waals surface area contributed by atoms with Gasteiger partial charge in [0, 0.05) is 0 Å². The van der Waals surface area contributed by atoms with Crippen LogP contribution in [-0.4, -0.2) is 26.2 Å². The second kappa shape index (κ2) is 7.47. The highest BCUT2D eigenvalue weighted by Gasteiger charge is 2.21.